The molecule has 2 atom stereocenters. The van der Waals surface area contributed by atoms with Gasteiger partial charge >= 0.3 is 6.09 Å². The Kier molecular flexibility index (Phi) is 11.2. The average Bonchev–Trinajstić information content (AvgIpc) is 2.83. The van der Waals surface area contributed by atoms with Gasteiger partial charge in [0.25, 0.3) is 0 Å². The summed E-state index contributed by atoms with van der Waals surface area (Å²) >= 11 is 0. The van der Waals surface area contributed by atoms with Crippen LogP contribution in [-0.2, 0) is 36.9 Å². The zero-order valence-electron chi connectivity index (χ0n) is 18.9. The van der Waals surface area contributed by atoms with Gasteiger partial charge in [-0.3, -0.25) is 4.79 Å². The molecule has 0 aliphatic rings. The van der Waals surface area contributed by atoms with Gasteiger partial charge in [0.2, 0.25) is 5.91 Å². The van der Waals surface area contributed by atoms with E-state index in [1.807, 2.05) is 67.6 Å². The number of methoxy groups -OCH3 is 2. The summed E-state index contributed by atoms with van der Waals surface area (Å²) in [5.41, 5.74) is 1.91. The van der Waals surface area contributed by atoms with Crippen LogP contribution in [0.5, 0.6) is 0 Å². The molecule has 0 radical (unpaired) electrons. The van der Waals surface area contributed by atoms with Crippen LogP contribution in [0.4, 0.5) is 4.79 Å². The molecule has 0 spiro atoms. The molecule has 0 fully saturated rings. The largest absolute Gasteiger partial charge is 0.453 e. The standard InChI is InChI=1S/C24H32N2O6/c1-4-32-22(29-2)16-26(15-19-11-7-5-8-12-19)23(27)21(25-24(28)30-3)18-31-17-20-13-9-6-10-14-20/h5-14,21-22H,4,15-18H2,1-3H3,(H,25,28)/t21-,22?/m0/s1. The van der Waals surface area contributed by atoms with Crippen molar-refractivity contribution in [2.75, 3.05) is 34.0 Å². The van der Waals surface area contributed by atoms with Crippen LogP contribution in [0.2, 0.25) is 0 Å². The molecule has 2 aromatic carbocycles. The van der Waals surface area contributed by atoms with Crippen molar-refractivity contribution in [3.05, 3.63) is 71.8 Å². The molecule has 1 unspecified atom stereocenters. The fraction of sp³-hybridized carbons (Fsp3) is 0.417. The second-order valence-corrected chi connectivity index (χ2v) is 7.01. The Hall–Kier alpha value is -2.94. The maximum atomic E-state index is 13.5. The molecule has 0 aromatic heterocycles. The van der Waals surface area contributed by atoms with Gasteiger partial charge in [0.1, 0.15) is 6.04 Å². The summed E-state index contributed by atoms with van der Waals surface area (Å²) in [5, 5.41) is 2.58. The molecule has 8 heteroatoms. The van der Waals surface area contributed by atoms with Crippen molar-refractivity contribution in [2.45, 2.75) is 32.4 Å². The smallest absolute Gasteiger partial charge is 0.407 e. The van der Waals surface area contributed by atoms with E-state index in [0.29, 0.717) is 19.8 Å². The number of rotatable bonds is 13. The average molecular weight is 445 g/mol. The van der Waals surface area contributed by atoms with E-state index in [1.54, 1.807) is 4.90 Å². The van der Waals surface area contributed by atoms with E-state index in [-0.39, 0.29) is 19.1 Å². The van der Waals surface area contributed by atoms with Gasteiger partial charge in [0, 0.05) is 20.3 Å². The summed E-state index contributed by atoms with van der Waals surface area (Å²) < 4.78 is 21.4. The highest BCUT2D eigenvalue weighted by Crippen LogP contribution is 2.11. The topological polar surface area (TPSA) is 86.3 Å². The molecule has 0 aliphatic heterocycles. The van der Waals surface area contributed by atoms with Crippen LogP contribution in [0.25, 0.3) is 0 Å². The molecule has 0 aliphatic carbocycles. The van der Waals surface area contributed by atoms with Crippen molar-refractivity contribution in [3.8, 4) is 0 Å². The van der Waals surface area contributed by atoms with Gasteiger partial charge in [0.15, 0.2) is 6.29 Å². The van der Waals surface area contributed by atoms with Crippen LogP contribution in [0, 0.1) is 0 Å². The second kappa shape index (κ2) is 14.2. The van der Waals surface area contributed by atoms with E-state index in [9.17, 15) is 9.59 Å². The number of hydrogen-bond donors (Lipinski definition) is 1. The predicted octanol–water partition coefficient (Wildman–Crippen LogP) is 2.97. The lowest BCUT2D eigenvalue weighted by Crippen LogP contribution is -2.52. The first-order valence-corrected chi connectivity index (χ1v) is 10.5. The minimum absolute atomic E-state index is 0.0135. The van der Waals surface area contributed by atoms with Crippen molar-refractivity contribution in [3.63, 3.8) is 0 Å². The zero-order valence-corrected chi connectivity index (χ0v) is 18.9. The number of amides is 2. The maximum Gasteiger partial charge on any atom is 0.407 e. The van der Waals surface area contributed by atoms with Crippen LogP contribution in [0.1, 0.15) is 18.1 Å². The van der Waals surface area contributed by atoms with E-state index >= 15 is 0 Å². The molecule has 8 nitrogen and oxygen atoms in total. The fourth-order valence-electron chi connectivity index (χ4n) is 3.06. The molecule has 2 amide bonds. The molecule has 0 heterocycles. The van der Waals surface area contributed by atoms with E-state index in [1.165, 1.54) is 14.2 Å². The van der Waals surface area contributed by atoms with Crippen molar-refractivity contribution in [1.82, 2.24) is 10.2 Å². The Labute approximate surface area is 189 Å². The van der Waals surface area contributed by atoms with Crippen molar-refractivity contribution >= 4 is 12.0 Å². The summed E-state index contributed by atoms with van der Waals surface area (Å²) in [5.74, 6) is -0.325. The first kappa shape index (κ1) is 25.3. The second-order valence-electron chi connectivity index (χ2n) is 7.01. The third kappa shape index (κ3) is 8.66. The summed E-state index contributed by atoms with van der Waals surface area (Å²) in [6.07, 6.45) is -1.31. The van der Waals surface area contributed by atoms with Gasteiger partial charge in [-0.25, -0.2) is 4.79 Å². The number of alkyl carbamates (subject to hydrolysis) is 1. The molecule has 174 valence electrons. The lowest BCUT2D eigenvalue weighted by molar-refractivity contribution is -0.154. The van der Waals surface area contributed by atoms with Gasteiger partial charge < -0.3 is 29.2 Å². The lowest BCUT2D eigenvalue weighted by Gasteiger charge is -2.30. The molecule has 2 rings (SSSR count). The number of hydrogen-bond acceptors (Lipinski definition) is 6. The molecule has 1 N–H and O–H groups in total. The monoisotopic (exact) mass is 444 g/mol. The number of nitrogens with one attached hydrogen (secondary N) is 1. The maximum absolute atomic E-state index is 13.5. The summed E-state index contributed by atoms with van der Waals surface area (Å²) in [7, 11) is 2.78. The number of benzene rings is 2. The Balaban J connectivity index is 2.15. The molecule has 0 saturated carbocycles. The number of carbonyl (C=O) groups is 2. The first-order valence-electron chi connectivity index (χ1n) is 10.5. The van der Waals surface area contributed by atoms with Crippen LogP contribution in [-0.4, -0.2) is 63.2 Å². The van der Waals surface area contributed by atoms with Gasteiger partial charge in [-0.15, -0.1) is 0 Å². The van der Waals surface area contributed by atoms with Crippen molar-refractivity contribution < 1.29 is 28.5 Å². The molecule has 32 heavy (non-hydrogen) atoms. The molecule has 0 saturated heterocycles. The van der Waals surface area contributed by atoms with E-state index in [0.717, 1.165) is 11.1 Å². The van der Waals surface area contributed by atoms with Crippen LogP contribution < -0.4 is 5.32 Å². The number of ether oxygens (including phenoxy) is 4. The van der Waals surface area contributed by atoms with Gasteiger partial charge in [-0.2, -0.15) is 0 Å². The Morgan fingerprint density at radius 3 is 2.16 bits per heavy atom. The van der Waals surface area contributed by atoms with E-state index in [2.05, 4.69) is 5.32 Å². The SMILES string of the molecule is CCOC(CN(Cc1ccccc1)C(=O)[C@H](COCc1ccccc1)NC(=O)OC)OC. The highest BCUT2D eigenvalue weighted by molar-refractivity contribution is 5.85. The van der Waals surface area contributed by atoms with Crippen molar-refractivity contribution in [1.29, 1.82) is 0 Å². The fourth-order valence-corrected chi connectivity index (χ4v) is 3.06. The molecule has 2 aromatic rings. The molecule has 0 bridgehead atoms. The Bertz CT molecular complexity index is 803. The van der Waals surface area contributed by atoms with Gasteiger partial charge in [-0.1, -0.05) is 60.7 Å². The number of nitrogens with zero attached hydrogens (tertiary/aromatic N) is 1. The number of carbonyl (C=O) groups excluding carboxylic acids is 2. The van der Waals surface area contributed by atoms with E-state index in [4.69, 9.17) is 18.9 Å². The van der Waals surface area contributed by atoms with Crippen molar-refractivity contribution in [2.24, 2.45) is 0 Å². The normalized spacial score (nSPS) is 12.6. The highest BCUT2D eigenvalue weighted by atomic mass is 16.7. The van der Waals surface area contributed by atoms with Crippen LogP contribution in [0.3, 0.4) is 0 Å². The third-order valence-corrected chi connectivity index (χ3v) is 4.68. The summed E-state index contributed by atoms with van der Waals surface area (Å²) in [4.78, 5) is 27.0. The first-order chi connectivity index (χ1) is 15.6. The van der Waals surface area contributed by atoms with Gasteiger partial charge in [0.05, 0.1) is 26.9 Å². The lowest BCUT2D eigenvalue weighted by atomic mass is 10.2. The zero-order chi connectivity index (χ0) is 23.2. The molecular weight excluding hydrogens is 412 g/mol. The highest BCUT2D eigenvalue weighted by Gasteiger charge is 2.29. The minimum atomic E-state index is -0.936. The Morgan fingerprint density at radius 1 is 0.969 bits per heavy atom. The van der Waals surface area contributed by atoms with E-state index < -0.39 is 18.4 Å². The van der Waals surface area contributed by atoms with Crippen LogP contribution in [0.15, 0.2) is 60.7 Å². The third-order valence-electron chi connectivity index (χ3n) is 4.68. The minimum Gasteiger partial charge on any atom is -0.453 e. The Morgan fingerprint density at radius 2 is 1.59 bits per heavy atom. The molecular formula is C24H32N2O6. The summed E-state index contributed by atoms with van der Waals surface area (Å²) in [6, 6.07) is 18.2. The van der Waals surface area contributed by atoms with Gasteiger partial charge in [-0.05, 0) is 18.1 Å². The quantitative estimate of drug-likeness (QED) is 0.478. The van der Waals surface area contributed by atoms with Crippen LogP contribution >= 0.6 is 0 Å². The predicted molar refractivity (Wildman–Crippen MR) is 120 cm³/mol. The summed E-state index contributed by atoms with van der Waals surface area (Å²) in [6.45, 7) is 3.11.